The van der Waals surface area contributed by atoms with Crippen molar-refractivity contribution in [3.63, 3.8) is 0 Å². The second-order valence-corrected chi connectivity index (χ2v) is 8.26. The van der Waals surface area contributed by atoms with E-state index < -0.39 is 12.1 Å². The summed E-state index contributed by atoms with van der Waals surface area (Å²) >= 11 is 0. The number of hydrogen-bond donors (Lipinski definition) is 3. The minimum Gasteiger partial charge on any atom is -0.379 e. The van der Waals surface area contributed by atoms with Gasteiger partial charge in [0.2, 0.25) is 5.91 Å². The highest BCUT2D eigenvalue weighted by atomic mass is 19.1. The fraction of sp³-hybridized carbons (Fsp3) is 0.440. The number of ether oxygens (including phenoxy) is 1. The maximum Gasteiger partial charge on any atom is 0.315 e. The number of urea groups is 1. The van der Waals surface area contributed by atoms with Gasteiger partial charge in [-0.25, -0.2) is 13.6 Å². The Morgan fingerprint density at radius 2 is 1.76 bits per heavy atom. The van der Waals surface area contributed by atoms with Crippen molar-refractivity contribution in [1.29, 1.82) is 0 Å². The van der Waals surface area contributed by atoms with Crippen LogP contribution < -0.4 is 16.0 Å². The highest BCUT2D eigenvalue weighted by molar-refractivity contribution is 5.87. The van der Waals surface area contributed by atoms with Crippen LogP contribution in [0.15, 0.2) is 48.5 Å². The van der Waals surface area contributed by atoms with Gasteiger partial charge in [0.1, 0.15) is 17.7 Å². The average molecular weight is 475 g/mol. The molecule has 1 aliphatic heterocycles. The molecule has 2 aromatic carbocycles. The summed E-state index contributed by atoms with van der Waals surface area (Å²) in [5.41, 5.74) is 1.52. The van der Waals surface area contributed by atoms with Gasteiger partial charge in [-0.15, -0.1) is 0 Å². The van der Waals surface area contributed by atoms with E-state index in [1.54, 1.807) is 18.2 Å². The van der Waals surface area contributed by atoms with E-state index in [1.165, 1.54) is 24.3 Å². The zero-order chi connectivity index (χ0) is 24.3. The summed E-state index contributed by atoms with van der Waals surface area (Å²) in [6.45, 7) is 4.94. The number of amides is 3. The van der Waals surface area contributed by atoms with E-state index in [-0.39, 0.29) is 36.7 Å². The van der Waals surface area contributed by atoms with Gasteiger partial charge in [-0.3, -0.25) is 9.69 Å². The number of nitrogens with zero attached hydrogens (tertiary/aromatic N) is 1. The fourth-order valence-electron chi connectivity index (χ4n) is 3.93. The molecule has 7 nitrogen and oxygen atoms in total. The maximum absolute atomic E-state index is 13.9. The SMILES string of the molecule is CCCC(NC(=O)NCc1ccc(F)cc1)C(=O)NCC(c1cccc(F)c1)N1CCOCC1. The van der Waals surface area contributed by atoms with Crippen LogP contribution >= 0.6 is 0 Å². The van der Waals surface area contributed by atoms with Crippen LogP contribution in [0.4, 0.5) is 13.6 Å². The molecule has 0 aliphatic carbocycles. The van der Waals surface area contributed by atoms with Crippen molar-refractivity contribution in [2.24, 2.45) is 0 Å². The smallest absolute Gasteiger partial charge is 0.315 e. The highest BCUT2D eigenvalue weighted by Crippen LogP contribution is 2.22. The summed E-state index contributed by atoms with van der Waals surface area (Å²) in [5.74, 6) is -0.972. The van der Waals surface area contributed by atoms with E-state index in [4.69, 9.17) is 4.74 Å². The standard InChI is InChI=1S/C25H32F2N4O3/c1-2-4-22(30-25(33)29-16-18-7-9-20(26)10-8-18)24(32)28-17-23(31-11-13-34-14-12-31)19-5-3-6-21(27)15-19/h3,5-10,15,22-23H,2,4,11-14,16-17H2,1H3,(H,28,32)(H2,29,30,33). The summed E-state index contributed by atoms with van der Waals surface area (Å²) in [6.07, 6.45) is 1.17. The Bertz CT molecular complexity index is 936. The number of benzene rings is 2. The molecular weight excluding hydrogens is 442 g/mol. The second kappa shape index (κ2) is 13.0. The third kappa shape index (κ3) is 7.78. The largest absolute Gasteiger partial charge is 0.379 e. The molecule has 3 rings (SSSR count). The van der Waals surface area contributed by atoms with Gasteiger partial charge >= 0.3 is 6.03 Å². The number of carbonyl (C=O) groups is 2. The lowest BCUT2D eigenvalue weighted by atomic mass is 10.0. The Morgan fingerprint density at radius 1 is 1.03 bits per heavy atom. The molecule has 1 heterocycles. The molecule has 0 aromatic heterocycles. The van der Waals surface area contributed by atoms with Crippen molar-refractivity contribution in [2.45, 2.75) is 38.4 Å². The molecule has 0 spiro atoms. The zero-order valence-corrected chi connectivity index (χ0v) is 19.4. The summed E-state index contributed by atoms with van der Waals surface area (Å²) in [4.78, 5) is 27.5. The molecule has 2 unspecified atom stereocenters. The van der Waals surface area contributed by atoms with Crippen LogP contribution in [0.3, 0.4) is 0 Å². The van der Waals surface area contributed by atoms with Crippen molar-refractivity contribution >= 4 is 11.9 Å². The third-order valence-electron chi connectivity index (χ3n) is 5.76. The van der Waals surface area contributed by atoms with Crippen LogP contribution in [-0.2, 0) is 16.1 Å². The summed E-state index contributed by atoms with van der Waals surface area (Å²) in [5, 5.41) is 8.36. The first-order valence-electron chi connectivity index (χ1n) is 11.6. The van der Waals surface area contributed by atoms with E-state index in [0.717, 1.165) is 11.1 Å². The van der Waals surface area contributed by atoms with E-state index in [2.05, 4.69) is 20.9 Å². The lowest BCUT2D eigenvalue weighted by Crippen LogP contribution is -2.51. The molecule has 3 N–H and O–H groups in total. The van der Waals surface area contributed by atoms with E-state index >= 15 is 0 Å². The van der Waals surface area contributed by atoms with Gasteiger partial charge in [-0.05, 0) is 41.8 Å². The molecule has 3 amide bonds. The predicted octanol–water partition coefficient (Wildman–Crippen LogP) is 3.12. The van der Waals surface area contributed by atoms with Gasteiger partial charge in [0, 0.05) is 26.2 Å². The van der Waals surface area contributed by atoms with Crippen molar-refractivity contribution in [3.8, 4) is 0 Å². The van der Waals surface area contributed by atoms with Crippen LogP contribution in [0.5, 0.6) is 0 Å². The van der Waals surface area contributed by atoms with Crippen LogP contribution in [0.2, 0.25) is 0 Å². The average Bonchev–Trinajstić information content (AvgIpc) is 2.84. The Kier molecular flexibility index (Phi) is 9.78. The number of rotatable bonds is 10. The van der Waals surface area contributed by atoms with Gasteiger partial charge in [0.15, 0.2) is 0 Å². The first-order valence-corrected chi connectivity index (χ1v) is 11.6. The molecule has 2 aromatic rings. The first kappa shape index (κ1) is 25.6. The molecule has 0 saturated carbocycles. The zero-order valence-electron chi connectivity index (χ0n) is 19.4. The number of morpholine rings is 1. The Labute approximate surface area is 198 Å². The van der Waals surface area contributed by atoms with E-state index in [9.17, 15) is 18.4 Å². The second-order valence-electron chi connectivity index (χ2n) is 8.26. The topological polar surface area (TPSA) is 82.7 Å². The molecule has 0 bridgehead atoms. The Morgan fingerprint density at radius 3 is 2.44 bits per heavy atom. The number of hydrogen-bond acceptors (Lipinski definition) is 4. The molecule has 1 aliphatic rings. The molecule has 1 fully saturated rings. The Balaban J connectivity index is 1.58. The van der Waals surface area contributed by atoms with E-state index in [1.807, 2.05) is 13.0 Å². The highest BCUT2D eigenvalue weighted by Gasteiger charge is 2.26. The van der Waals surface area contributed by atoms with Crippen molar-refractivity contribution in [1.82, 2.24) is 20.9 Å². The third-order valence-corrected chi connectivity index (χ3v) is 5.76. The lowest BCUT2D eigenvalue weighted by molar-refractivity contribution is -0.123. The minimum atomic E-state index is -0.712. The van der Waals surface area contributed by atoms with Gasteiger partial charge in [-0.1, -0.05) is 37.6 Å². The number of carbonyl (C=O) groups excluding carboxylic acids is 2. The predicted molar refractivity (Wildman–Crippen MR) is 125 cm³/mol. The molecular formula is C25H32F2N4O3. The van der Waals surface area contributed by atoms with Gasteiger partial charge < -0.3 is 20.7 Å². The summed E-state index contributed by atoms with van der Waals surface area (Å²) < 4.78 is 32.3. The normalized spacial score (nSPS) is 15.9. The molecule has 2 atom stereocenters. The molecule has 184 valence electrons. The first-order chi connectivity index (χ1) is 16.5. The fourth-order valence-corrected chi connectivity index (χ4v) is 3.93. The molecule has 9 heteroatoms. The van der Waals surface area contributed by atoms with Gasteiger partial charge in [-0.2, -0.15) is 0 Å². The number of nitrogens with one attached hydrogen (secondary N) is 3. The minimum absolute atomic E-state index is 0.210. The number of halogens is 2. The summed E-state index contributed by atoms with van der Waals surface area (Å²) in [7, 11) is 0. The summed E-state index contributed by atoms with van der Waals surface area (Å²) in [6, 6.07) is 10.8. The molecule has 0 radical (unpaired) electrons. The maximum atomic E-state index is 13.9. The van der Waals surface area contributed by atoms with Crippen molar-refractivity contribution in [3.05, 3.63) is 71.3 Å². The lowest BCUT2D eigenvalue weighted by Gasteiger charge is -2.35. The van der Waals surface area contributed by atoms with Crippen molar-refractivity contribution in [2.75, 3.05) is 32.8 Å². The Hall–Kier alpha value is -3.04. The molecule has 34 heavy (non-hydrogen) atoms. The van der Waals surface area contributed by atoms with Gasteiger partial charge in [0.05, 0.1) is 19.3 Å². The quantitative estimate of drug-likeness (QED) is 0.494. The van der Waals surface area contributed by atoms with E-state index in [0.29, 0.717) is 39.1 Å². The molecule has 1 saturated heterocycles. The van der Waals surface area contributed by atoms with Gasteiger partial charge in [0.25, 0.3) is 0 Å². The van der Waals surface area contributed by atoms with Crippen LogP contribution in [-0.4, -0.2) is 55.7 Å². The van der Waals surface area contributed by atoms with Crippen LogP contribution in [0.25, 0.3) is 0 Å². The van der Waals surface area contributed by atoms with Crippen molar-refractivity contribution < 1.29 is 23.1 Å². The monoisotopic (exact) mass is 474 g/mol. The van der Waals surface area contributed by atoms with Crippen LogP contribution in [0.1, 0.15) is 36.9 Å². The van der Waals surface area contributed by atoms with Crippen LogP contribution in [0, 0.1) is 11.6 Å².